The monoisotopic (exact) mass is 376 g/mol. The van der Waals surface area contributed by atoms with Crippen LogP contribution < -0.4 is 14.8 Å². The second-order valence-corrected chi connectivity index (χ2v) is 6.85. The average molecular weight is 376 g/mol. The van der Waals surface area contributed by atoms with Gasteiger partial charge in [-0.2, -0.15) is 0 Å². The van der Waals surface area contributed by atoms with Crippen molar-refractivity contribution in [1.82, 2.24) is 10.3 Å². The number of carboxylic acid groups (broad SMARTS) is 1. The molecule has 0 unspecified atom stereocenters. The number of rotatable bonds is 8. The minimum atomic E-state index is -1.01. The summed E-state index contributed by atoms with van der Waals surface area (Å²) in [6.07, 6.45) is 2.11. The van der Waals surface area contributed by atoms with Crippen molar-refractivity contribution >= 4 is 23.2 Å². The molecular formula is C18H20N2O5S. The fourth-order valence-corrected chi connectivity index (χ4v) is 3.44. The number of carbonyl (C=O) groups is 2. The van der Waals surface area contributed by atoms with E-state index in [2.05, 4.69) is 10.3 Å². The van der Waals surface area contributed by atoms with Crippen LogP contribution in [-0.2, 0) is 16.0 Å². The Morgan fingerprint density at radius 1 is 1.35 bits per heavy atom. The zero-order chi connectivity index (χ0) is 18.5. The Labute approximate surface area is 155 Å². The van der Waals surface area contributed by atoms with E-state index < -0.39 is 12.0 Å². The van der Waals surface area contributed by atoms with Crippen LogP contribution in [0, 0.1) is 0 Å². The fraction of sp³-hybridized carbons (Fsp3) is 0.389. The number of hydrogen-bond donors (Lipinski definition) is 2. The molecule has 1 aromatic carbocycles. The van der Waals surface area contributed by atoms with Crippen LogP contribution in [0.5, 0.6) is 11.5 Å². The fourth-order valence-electron chi connectivity index (χ4n) is 2.63. The molecule has 0 spiro atoms. The number of ether oxygens (including phenoxy) is 2. The number of unbranched alkanes of at least 4 members (excludes halogenated alkanes) is 1. The summed E-state index contributed by atoms with van der Waals surface area (Å²) in [5.74, 6) is 0.0380. The summed E-state index contributed by atoms with van der Waals surface area (Å²) in [5, 5.41) is 14.3. The van der Waals surface area contributed by atoms with Crippen molar-refractivity contribution in [2.24, 2.45) is 0 Å². The van der Waals surface area contributed by atoms with Crippen LogP contribution >= 0.6 is 11.3 Å². The van der Waals surface area contributed by atoms with Gasteiger partial charge in [0.05, 0.1) is 12.1 Å². The van der Waals surface area contributed by atoms with Gasteiger partial charge in [0, 0.05) is 10.9 Å². The summed E-state index contributed by atoms with van der Waals surface area (Å²) >= 11 is 1.43. The molecular weight excluding hydrogens is 356 g/mol. The maximum atomic E-state index is 12.1. The van der Waals surface area contributed by atoms with E-state index in [1.54, 1.807) is 5.38 Å². The Bertz CT molecular complexity index is 805. The Morgan fingerprint density at radius 3 is 2.92 bits per heavy atom. The molecule has 0 saturated heterocycles. The van der Waals surface area contributed by atoms with Gasteiger partial charge in [0.15, 0.2) is 11.5 Å². The second-order valence-electron chi connectivity index (χ2n) is 5.99. The number of fused-ring (bicyclic) bond motifs is 1. The lowest BCUT2D eigenvalue weighted by Gasteiger charge is -2.13. The molecule has 2 aromatic rings. The van der Waals surface area contributed by atoms with Crippen molar-refractivity contribution in [3.05, 3.63) is 29.3 Å². The molecule has 1 aliphatic rings. The molecule has 0 radical (unpaired) electrons. The first-order valence-corrected chi connectivity index (χ1v) is 9.31. The molecule has 1 atom stereocenters. The lowest BCUT2D eigenvalue weighted by molar-refractivity contribution is -0.142. The van der Waals surface area contributed by atoms with E-state index in [0.29, 0.717) is 23.6 Å². The number of carboxylic acids is 1. The number of hydrogen-bond acceptors (Lipinski definition) is 6. The third kappa shape index (κ3) is 4.32. The number of carbonyl (C=O) groups excluding carboxylic acids is 1. The molecule has 1 amide bonds. The van der Waals surface area contributed by atoms with Crippen molar-refractivity contribution < 1.29 is 24.2 Å². The van der Waals surface area contributed by atoms with Gasteiger partial charge < -0.3 is 19.9 Å². The lowest BCUT2D eigenvalue weighted by Crippen LogP contribution is -2.41. The summed E-state index contributed by atoms with van der Waals surface area (Å²) in [7, 11) is 0. The third-order valence-corrected chi connectivity index (χ3v) is 4.93. The molecule has 8 heteroatoms. The Hall–Kier alpha value is -2.61. The summed E-state index contributed by atoms with van der Waals surface area (Å²) in [6.45, 7) is 2.19. The highest BCUT2D eigenvalue weighted by Crippen LogP contribution is 2.36. The molecule has 0 saturated carbocycles. The van der Waals surface area contributed by atoms with Gasteiger partial charge in [-0.1, -0.05) is 19.8 Å². The smallest absolute Gasteiger partial charge is 0.326 e. The number of thiazole rings is 1. The van der Waals surface area contributed by atoms with E-state index in [9.17, 15) is 14.7 Å². The summed E-state index contributed by atoms with van der Waals surface area (Å²) in [4.78, 5) is 27.8. The number of benzene rings is 1. The number of aromatic nitrogens is 1. The Balaban J connectivity index is 1.62. The maximum absolute atomic E-state index is 12.1. The SMILES string of the molecule is CCCC[C@H](NC(=O)Cc1csc(-c2ccc3c(c2)OCO3)n1)C(=O)O. The zero-order valence-electron chi connectivity index (χ0n) is 14.4. The maximum Gasteiger partial charge on any atom is 0.326 e. The van der Waals surface area contributed by atoms with Gasteiger partial charge in [-0.25, -0.2) is 9.78 Å². The van der Waals surface area contributed by atoms with Gasteiger partial charge in [-0.05, 0) is 24.6 Å². The van der Waals surface area contributed by atoms with E-state index in [1.165, 1.54) is 11.3 Å². The topological polar surface area (TPSA) is 97.8 Å². The highest BCUT2D eigenvalue weighted by molar-refractivity contribution is 7.13. The molecule has 2 heterocycles. The summed E-state index contributed by atoms with van der Waals surface area (Å²) < 4.78 is 10.7. The normalized spacial score (nSPS) is 13.4. The van der Waals surface area contributed by atoms with Crippen LogP contribution in [0.4, 0.5) is 0 Å². The average Bonchev–Trinajstić information content (AvgIpc) is 3.26. The van der Waals surface area contributed by atoms with Crippen LogP contribution in [0.1, 0.15) is 31.9 Å². The van der Waals surface area contributed by atoms with Crippen molar-refractivity contribution in [3.63, 3.8) is 0 Å². The molecule has 0 fully saturated rings. The van der Waals surface area contributed by atoms with E-state index in [0.717, 1.165) is 23.4 Å². The number of amides is 1. The second kappa shape index (κ2) is 8.18. The van der Waals surface area contributed by atoms with Gasteiger partial charge in [0.2, 0.25) is 12.7 Å². The standard InChI is InChI=1S/C18H20N2O5S/c1-2-3-4-13(18(22)23)20-16(21)8-12-9-26-17(19-12)11-5-6-14-15(7-11)25-10-24-14/h5-7,9,13H,2-4,8,10H2,1H3,(H,20,21)(H,22,23)/t13-/m0/s1. The van der Waals surface area contributed by atoms with E-state index in [1.807, 2.05) is 25.1 Å². The molecule has 138 valence electrons. The largest absolute Gasteiger partial charge is 0.480 e. The molecule has 7 nitrogen and oxygen atoms in total. The van der Waals surface area contributed by atoms with Gasteiger partial charge >= 0.3 is 5.97 Å². The van der Waals surface area contributed by atoms with Crippen LogP contribution in [0.15, 0.2) is 23.6 Å². The quantitative estimate of drug-likeness (QED) is 0.735. The Kier molecular flexibility index (Phi) is 5.72. The summed E-state index contributed by atoms with van der Waals surface area (Å²) in [6, 6.07) is 4.73. The van der Waals surface area contributed by atoms with Crippen molar-refractivity contribution in [3.8, 4) is 22.1 Å². The zero-order valence-corrected chi connectivity index (χ0v) is 15.2. The predicted molar refractivity (Wildman–Crippen MR) is 96.5 cm³/mol. The van der Waals surface area contributed by atoms with Crippen LogP contribution in [0.3, 0.4) is 0 Å². The van der Waals surface area contributed by atoms with Gasteiger partial charge in [-0.15, -0.1) is 11.3 Å². The first-order valence-electron chi connectivity index (χ1n) is 8.43. The molecule has 1 aromatic heterocycles. The van der Waals surface area contributed by atoms with E-state index in [-0.39, 0.29) is 19.1 Å². The third-order valence-electron chi connectivity index (χ3n) is 3.99. The molecule has 3 rings (SSSR count). The van der Waals surface area contributed by atoms with E-state index in [4.69, 9.17) is 9.47 Å². The van der Waals surface area contributed by atoms with Crippen LogP contribution in [-0.4, -0.2) is 34.8 Å². The number of nitrogens with one attached hydrogen (secondary N) is 1. The van der Waals surface area contributed by atoms with Crippen LogP contribution in [0.2, 0.25) is 0 Å². The molecule has 1 aliphatic heterocycles. The van der Waals surface area contributed by atoms with Crippen molar-refractivity contribution in [1.29, 1.82) is 0 Å². The molecule has 0 aliphatic carbocycles. The molecule has 0 bridgehead atoms. The van der Waals surface area contributed by atoms with E-state index >= 15 is 0 Å². The van der Waals surface area contributed by atoms with Crippen molar-refractivity contribution in [2.45, 2.75) is 38.6 Å². The number of nitrogens with zero attached hydrogens (tertiary/aromatic N) is 1. The minimum absolute atomic E-state index is 0.0525. The molecule has 26 heavy (non-hydrogen) atoms. The van der Waals surface area contributed by atoms with Gasteiger partial charge in [0.25, 0.3) is 0 Å². The highest BCUT2D eigenvalue weighted by Gasteiger charge is 2.20. The Morgan fingerprint density at radius 2 is 2.15 bits per heavy atom. The lowest BCUT2D eigenvalue weighted by atomic mass is 10.1. The van der Waals surface area contributed by atoms with Gasteiger partial charge in [-0.3, -0.25) is 4.79 Å². The van der Waals surface area contributed by atoms with Crippen molar-refractivity contribution in [2.75, 3.05) is 6.79 Å². The molecule has 2 N–H and O–H groups in total. The first kappa shape index (κ1) is 18.2. The minimum Gasteiger partial charge on any atom is -0.480 e. The number of aliphatic carboxylic acids is 1. The van der Waals surface area contributed by atoms with Gasteiger partial charge in [0.1, 0.15) is 11.0 Å². The first-order chi connectivity index (χ1) is 12.6. The predicted octanol–water partition coefficient (Wildman–Crippen LogP) is 2.84. The summed E-state index contributed by atoms with van der Waals surface area (Å²) in [5.41, 5.74) is 1.50. The highest BCUT2D eigenvalue weighted by atomic mass is 32.1. The van der Waals surface area contributed by atoms with Crippen LogP contribution in [0.25, 0.3) is 10.6 Å².